The van der Waals surface area contributed by atoms with Crippen molar-refractivity contribution in [3.8, 4) is 5.69 Å². The second-order valence-electron chi connectivity index (χ2n) is 7.35. The van der Waals surface area contributed by atoms with Gasteiger partial charge in [-0.1, -0.05) is 0 Å². The molecule has 0 radical (unpaired) electrons. The summed E-state index contributed by atoms with van der Waals surface area (Å²) >= 11 is 0. The van der Waals surface area contributed by atoms with E-state index in [1.165, 1.54) is 23.0 Å². The van der Waals surface area contributed by atoms with E-state index in [0.29, 0.717) is 31.1 Å². The highest BCUT2D eigenvalue weighted by molar-refractivity contribution is 5.85. The molecule has 0 aliphatic carbocycles. The molecule has 1 atom stereocenters. The number of alkyl halides is 6. The molecule has 11 heteroatoms. The molecule has 1 unspecified atom stereocenters. The monoisotopic (exact) mass is 435 g/mol. The third kappa shape index (κ3) is 4.16. The topological polar surface area (TPSA) is 58.4 Å². The number of aliphatic hydroxyl groups is 1. The highest BCUT2D eigenvalue weighted by atomic mass is 19.4. The lowest BCUT2D eigenvalue weighted by molar-refractivity contribution is -0.250. The standard InChI is InChI=1S/C19H19F6N3O2/c1-17(30,19(23,24)25)16(29)27-10-7-12(8-11-27)15-6-9-26-28(15)14-4-2-13(3-5-14)18(20,21)22/h2-6,9,12,30H,7-8,10-11H2,1H3. The van der Waals surface area contributed by atoms with Gasteiger partial charge in [0.15, 0.2) is 0 Å². The van der Waals surface area contributed by atoms with Gasteiger partial charge >= 0.3 is 12.4 Å². The predicted octanol–water partition coefficient (Wildman–Crippen LogP) is 3.91. The fraction of sp³-hybridized carbons (Fsp3) is 0.474. The number of carbonyl (C=O) groups excluding carboxylic acids is 1. The Kier molecular flexibility index (Phi) is 5.61. The third-order valence-corrected chi connectivity index (χ3v) is 5.28. The van der Waals surface area contributed by atoms with Gasteiger partial charge in [0.05, 0.1) is 11.3 Å². The van der Waals surface area contributed by atoms with Crippen molar-refractivity contribution in [2.24, 2.45) is 0 Å². The van der Waals surface area contributed by atoms with Crippen LogP contribution in [0, 0.1) is 0 Å². The molecule has 30 heavy (non-hydrogen) atoms. The number of benzene rings is 1. The van der Waals surface area contributed by atoms with Gasteiger partial charge in [-0.2, -0.15) is 31.4 Å². The first-order chi connectivity index (χ1) is 13.8. The van der Waals surface area contributed by atoms with E-state index in [9.17, 15) is 36.2 Å². The second-order valence-corrected chi connectivity index (χ2v) is 7.35. The summed E-state index contributed by atoms with van der Waals surface area (Å²) in [5.41, 5.74) is -3.14. The highest BCUT2D eigenvalue weighted by Gasteiger charge is 2.57. The van der Waals surface area contributed by atoms with Crippen molar-refractivity contribution < 1.29 is 36.2 Å². The Bertz CT molecular complexity index is 894. The van der Waals surface area contributed by atoms with Crippen molar-refractivity contribution in [2.75, 3.05) is 13.1 Å². The average molecular weight is 435 g/mol. The number of piperidine rings is 1. The molecule has 0 saturated carbocycles. The first kappa shape index (κ1) is 22.1. The summed E-state index contributed by atoms with van der Waals surface area (Å²) < 4.78 is 78.4. The van der Waals surface area contributed by atoms with Crippen LogP contribution >= 0.6 is 0 Å². The first-order valence-corrected chi connectivity index (χ1v) is 9.12. The van der Waals surface area contributed by atoms with Crippen molar-refractivity contribution >= 4 is 5.91 Å². The minimum absolute atomic E-state index is 0.00786. The summed E-state index contributed by atoms with van der Waals surface area (Å²) in [4.78, 5) is 13.1. The minimum Gasteiger partial charge on any atom is -0.373 e. The Morgan fingerprint density at radius 2 is 1.60 bits per heavy atom. The third-order valence-electron chi connectivity index (χ3n) is 5.28. The van der Waals surface area contributed by atoms with Crippen LogP contribution in [0.4, 0.5) is 26.3 Å². The Morgan fingerprint density at radius 1 is 1.03 bits per heavy atom. The Labute approximate surface area is 167 Å². The fourth-order valence-corrected chi connectivity index (χ4v) is 3.44. The lowest BCUT2D eigenvalue weighted by Gasteiger charge is -2.36. The smallest absolute Gasteiger partial charge is 0.373 e. The number of rotatable bonds is 3. The molecule has 3 rings (SSSR count). The van der Waals surface area contributed by atoms with Crippen molar-refractivity contribution in [2.45, 2.75) is 43.6 Å². The summed E-state index contributed by atoms with van der Waals surface area (Å²) in [7, 11) is 0. The number of likely N-dealkylation sites (tertiary alicyclic amines) is 1. The molecular weight excluding hydrogens is 416 g/mol. The van der Waals surface area contributed by atoms with E-state index in [1.54, 1.807) is 6.07 Å². The van der Waals surface area contributed by atoms with Gasteiger partial charge in [0.25, 0.3) is 5.91 Å². The summed E-state index contributed by atoms with van der Waals surface area (Å²) in [6.45, 7) is 0.447. The van der Waals surface area contributed by atoms with Crippen LogP contribution < -0.4 is 0 Å². The number of amides is 1. The van der Waals surface area contributed by atoms with Gasteiger partial charge in [-0.05, 0) is 50.1 Å². The zero-order chi connectivity index (χ0) is 22.3. The Hall–Kier alpha value is -2.56. The van der Waals surface area contributed by atoms with Gasteiger partial charge < -0.3 is 10.0 Å². The normalized spacial score (nSPS) is 18.3. The predicted molar refractivity (Wildman–Crippen MR) is 93.8 cm³/mol. The molecule has 2 aromatic rings. The van der Waals surface area contributed by atoms with Crippen molar-refractivity contribution in [1.82, 2.24) is 14.7 Å². The van der Waals surface area contributed by atoms with Crippen LogP contribution in [0.2, 0.25) is 0 Å². The average Bonchev–Trinajstić information content (AvgIpc) is 3.16. The molecule has 1 aromatic heterocycles. The lowest BCUT2D eigenvalue weighted by Crippen LogP contribution is -2.57. The zero-order valence-electron chi connectivity index (χ0n) is 15.8. The summed E-state index contributed by atoms with van der Waals surface area (Å²) in [6, 6.07) is 6.16. The molecule has 1 fully saturated rings. The molecule has 0 spiro atoms. The van der Waals surface area contributed by atoms with E-state index in [-0.39, 0.29) is 19.0 Å². The van der Waals surface area contributed by atoms with Crippen molar-refractivity contribution in [3.63, 3.8) is 0 Å². The van der Waals surface area contributed by atoms with Gasteiger partial charge in [0.1, 0.15) is 0 Å². The summed E-state index contributed by atoms with van der Waals surface area (Å²) in [5.74, 6) is -1.56. The van der Waals surface area contributed by atoms with Gasteiger partial charge in [0, 0.05) is 30.9 Å². The fourth-order valence-electron chi connectivity index (χ4n) is 3.44. The molecular formula is C19H19F6N3O2. The van der Waals surface area contributed by atoms with E-state index in [2.05, 4.69) is 5.10 Å². The molecule has 164 valence electrons. The lowest BCUT2D eigenvalue weighted by atomic mass is 9.92. The minimum atomic E-state index is -5.08. The van der Waals surface area contributed by atoms with Gasteiger partial charge in [0.2, 0.25) is 5.60 Å². The highest BCUT2D eigenvalue weighted by Crippen LogP contribution is 2.35. The molecule has 1 amide bonds. The van der Waals surface area contributed by atoms with Crippen molar-refractivity contribution in [1.29, 1.82) is 0 Å². The first-order valence-electron chi connectivity index (χ1n) is 9.12. The van der Waals surface area contributed by atoms with Gasteiger partial charge in [-0.15, -0.1) is 0 Å². The maximum Gasteiger partial charge on any atom is 0.426 e. The SMILES string of the molecule is CC(O)(C(=O)N1CCC(c2ccnn2-c2ccc(C(F)(F)F)cc2)CC1)C(F)(F)F. The molecule has 1 aliphatic rings. The maximum absolute atomic E-state index is 12.9. The van der Waals surface area contributed by atoms with E-state index in [4.69, 9.17) is 0 Å². The number of nitrogens with zero attached hydrogens (tertiary/aromatic N) is 3. The molecule has 2 heterocycles. The van der Waals surface area contributed by atoms with Crippen LogP contribution in [0.15, 0.2) is 36.5 Å². The summed E-state index contributed by atoms with van der Waals surface area (Å²) in [6.07, 6.45) is -7.40. The van der Waals surface area contributed by atoms with Crippen molar-refractivity contribution in [3.05, 3.63) is 47.8 Å². The molecule has 5 nitrogen and oxygen atoms in total. The zero-order valence-corrected chi connectivity index (χ0v) is 15.8. The van der Waals surface area contributed by atoms with Gasteiger partial charge in [-0.3, -0.25) is 4.79 Å². The van der Waals surface area contributed by atoms with Crippen LogP contribution in [-0.2, 0) is 11.0 Å². The number of hydrogen-bond acceptors (Lipinski definition) is 3. The molecule has 1 aliphatic heterocycles. The number of aromatic nitrogens is 2. The number of hydrogen-bond donors (Lipinski definition) is 1. The summed E-state index contributed by atoms with van der Waals surface area (Å²) in [5, 5.41) is 13.7. The van der Waals surface area contributed by atoms with Crippen LogP contribution in [0.25, 0.3) is 5.69 Å². The van der Waals surface area contributed by atoms with Crippen LogP contribution in [0.3, 0.4) is 0 Å². The maximum atomic E-state index is 12.9. The number of carbonyl (C=O) groups is 1. The molecule has 1 aromatic carbocycles. The quantitative estimate of drug-likeness (QED) is 0.744. The Balaban J connectivity index is 1.72. The largest absolute Gasteiger partial charge is 0.426 e. The van der Waals surface area contributed by atoms with Crippen LogP contribution in [0.1, 0.15) is 36.9 Å². The van der Waals surface area contributed by atoms with Crippen LogP contribution in [0.5, 0.6) is 0 Å². The van der Waals surface area contributed by atoms with E-state index < -0.39 is 29.4 Å². The van der Waals surface area contributed by atoms with E-state index in [1.807, 2.05) is 0 Å². The molecule has 1 saturated heterocycles. The second kappa shape index (κ2) is 7.60. The Morgan fingerprint density at radius 3 is 2.10 bits per heavy atom. The van der Waals surface area contributed by atoms with E-state index in [0.717, 1.165) is 17.0 Å². The number of halogens is 6. The van der Waals surface area contributed by atoms with Crippen LogP contribution in [-0.4, -0.2) is 50.6 Å². The molecule has 1 N–H and O–H groups in total. The van der Waals surface area contributed by atoms with E-state index >= 15 is 0 Å². The molecule has 0 bridgehead atoms. The van der Waals surface area contributed by atoms with Gasteiger partial charge in [-0.25, -0.2) is 4.68 Å².